The van der Waals surface area contributed by atoms with Crippen LogP contribution in [0.25, 0.3) is 0 Å². The second kappa shape index (κ2) is 7.24. The summed E-state index contributed by atoms with van der Waals surface area (Å²) >= 11 is 0. The van der Waals surface area contributed by atoms with Gasteiger partial charge >= 0.3 is 0 Å². The number of benzene rings is 2. The van der Waals surface area contributed by atoms with Crippen molar-refractivity contribution in [3.8, 4) is 5.75 Å². The number of carbonyl (C=O) groups is 2. The molecule has 0 aliphatic carbocycles. The molecule has 3 heteroatoms. The number of aldehydes is 2. The first-order valence-electron chi connectivity index (χ1n) is 6.54. The average Bonchev–Trinajstić information content (AvgIpc) is 2.53. The van der Waals surface area contributed by atoms with Gasteiger partial charge in [-0.15, -0.1) is 0 Å². The van der Waals surface area contributed by atoms with Gasteiger partial charge in [0.1, 0.15) is 18.3 Å². The number of rotatable bonds is 7. The molecule has 0 aliphatic heterocycles. The zero-order valence-electron chi connectivity index (χ0n) is 11.1. The van der Waals surface area contributed by atoms with E-state index in [1.807, 2.05) is 24.3 Å². The van der Waals surface area contributed by atoms with Crippen molar-refractivity contribution in [3.63, 3.8) is 0 Å². The van der Waals surface area contributed by atoms with Crippen molar-refractivity contribution in [1.29, 1.82) is 0 Å². The zero-order valence-corrected chi connectivity index (χ0v) is 11.1. The van der Waals surface area contributed by atoms with E-state index >= 15 is 0 Å². The Labute approximate surface area is 118 Å². The molecule has 0 unspecified atom stereocenters. The van der Waals surface area contributed by atoms with Crippen molar-refractivity contribution in [3.05, 3.63) is 65.2 Å². The van der Waals surface area contributed by atoms with Crippen LogP contribution in [0.15, 0.2) is 48.5 Å². The Morgan fingerprint density at radius 1 is 0.800 bits per heavy atom. The molecule has 0 spiro atoms. The Morgan fingerprint density at radius 2 is 1.35 bits per heavy atom. The van der Waals surface area contributed by atoms with Crippen molar-refractivity contribution >= 4 is 12.6 Å². The Bertz CT molecular complexity index is 502. The first kappa shape index (κ1) is 14.0. The lowest BCUT2D eigenvalue weighted by Crippen LogP contribution is -1.99. The van der Waals surface area contributed by atoms with Crippen LogP contribution in [0.4, 0.5) is 0 Å². The van der Waals surface area contributed by atoms with Crippen molar-refractivity contribution in [2.24, 2.45) is 0 Å². The van der Waals surface area contributed by atoms with E-state index in [1.165, 1.54) is 5.56 Å². The van der Waals surface area contributed by atoms with E-state index in [0.29, 0.717) is 17.7 Å². The van der Waals surface area contributed by atoms with Crippen LogP contribution in [0, 0.1) is 0 Å². The van der Waals surface area contributed by atoms with Crippen LogP contribution in [-0.2, 0) is 6.42 Å². The summed E-state index contributed by atoms with van der Waals surface area (Å²) in [6, 6.07) is 14.6. The summed E-state index contributed by atoms with van der Waals surface area (Å²) in [5, 5.41) is 0. The molecular weight excluding hydrogens is 252 g/mol. The van der Waals surface area contributed by atoms with Crippen LogP contribution in [-0.4, -0.2) is 19.2 Å². The highest BCUT2D eigenvalue weighted by atomic mass is 16.5. The summed E-state index contributed by atoms with van der Waals surface area (Å²) in [6.45, 7) is 0.621. The van der Waals surface area contributed by atoms with Crippen LogP contribution in [0.1, 0.15) is 32.7 Å². The summed E-state index contributed by atoms with van der Waals surface area (Å²) in [6.07, 6.45) is 3.46. The van der Waals surface area contributed by atoms with Gasteiger partial charge in [0.05, 0.1) is 6.61 Å². The Morgan fingerprint density at radius 3 is 1.90 bits per heavy atom. The maximum atomic E-state index is 10.5. The Kier molecular flexibility index (Phi) is 5.07. The van der Waals surface area contributed by atoms with Gasteiger partial charge in [-0.25, -0.2) is 0 Å². The first-order chi connectivity index (χ1) is 9.81. The minimum absolute atomic E-state index is 0.621. The van der Waals surface area contributed by atoms with Crippen LogP contribution in [0.3, 0.4) is 0 Å². The van der Waals surface area contributed by atoms with Gasteiger partial charge in [0.2, 0.25) is 0 Å². The molecule has 0 radical (unpaired) electrons. The molecule has 102 valence electrons. The minimum atomic E-state index is 0.621. The van der Waals surface area contributed by atoms with Gasteiger partial charge in [0, 0.05) is 11.1 Å². The summed E-state index contributed by atoms with van der Waals surface area (Å²) in [5.74, 6) is 0.770. The van der Waals surface area contributed by atoms with Crippen molar-refractivity contribution in [2.45, 2.75) is 12.8 Å². The quantitative estimate of drug-likeness (QED) is 0.571. The number of aryl methyl sites for hydroxylation is 1. The summed E-state index contributed by atoms with van der Waals surface area (Å²) < 4.78 is 5.60. The second-order valence-electron chi connectivity index (χ2n) is 4.50. The molecule has 2 aromatic rings. The highest BCUT2D eigenvalue weighted by Crippen LogP contribution is 2.12. The molecule has 0 bridgehead atoms. The van der Waals surface area contributed by atoms with E-state index in [-0.39, 0.29) is 0 Å². The maximum Gasteiger partial charge on any atom is 0.150 e. The molecule has 0 aromatic heterocycles. The number of hydrogen-bond donors (Lipinski definition) is 0. The fourth-order valence-corrected chi connectivity index (χ4v) is 1.87. The molecule has 0 amide bonds. The van der Waals surface area contributed by atoms with Crippen LogP contribution < -0.4 is 4.74 Å². The predicted molar refractivity (Wildman–Crippen MR) is 77.5 cm³/mol. The summed E-state index contributed by atoms with van der Waals surface area (Å²) in [5.41, 5.74) is 2.53. The lowest BCUT2D eigenvalue weighted by atomic mass is 10.1. The molecule has 0 saturated heterocycles. The molecule has 0 aliphatic rings. The van der Waals surface area contributed by atoms with E-state index in [1.54, 1.807) is 24.3 Å². The fraction of sp³-hybridized carbons (Fsp3) is 0.176. The number of carbonyl (C=O) groups excluding carboxylic acids is 2. The first-order valence-corrected chi connectivity index (χ1v) is 6.54. The molecule has 0 fully saturated rings. The summed E-state index contributed by atoms with van der Waals surface area (Å²) in [7, 11) is 0. The minimum Gasteiger partial charge on any atom is -0.494 e. The van der Waals surface area contributed by atoms with Crippen molar-refractivity contribution in [2.75, 3.05) is 6.61 Å². The van der Waals surface area contributed by atoms with Gasteiger partial charge in [0.25, 0.3) is 0 Å². The largest absolute Gasteiger partial charge is 0.494 e. The van der Waals surface area contributed by atoms with Crippen molar-refractivity contribution in [1.82, 2.24) is 0 Å². The lowest BCUT2D eigenvalue weighted by Gasteiger charge is -2.06. The molecule has 0 atom stereocenters. The molecule has 2 rings (SSSR count). The SMILES string of the molecule is O=Cc1ccc(CCCOc2ccc(C=O)cc2)cc1. The Hall–Kier alpha value is -2.42. The van der Waals surface area contributed by atoms with E-state index < -0.39 is 0 Å². The third-order valence-corrected chi connectivity index (χ3v) is 3.01. The second-order valence-corrected chi connectivity index (χ2v) is 4.50. The van der Waals surface area contributed by atoms with E-state index in [2.05, 4.69) is 0 Å². The maximum absolute atomic E-state index is 10.5. The van der Waals surface area contributed by atoms with E-state index in [9.17, 15) is 9.59 Å². The highest BCUT2D eigenvalue weighted by Gasteiger charge is 1.97. The zero-order chi connectivity index (χ0) is 14.2. The van der Waals surface area contributed by atoms with Gasteiger partial charge < -0.3 is 4.74 Å². The third kappa shape index (κ3) is 4.05. The van der Waals surface area contributed by atoms with Crippen molar-refractivity contribution < 1.29 is 14.3 Å². The predicted octanol–water partition coefficient (Wildman–Crippen LogP) is 3.32. The van der Waals surface area contributed by atoms with Gasteiger partial charge in [-0.2, -0.15) is 0 Å². The molecular formula is C17H16O3. The molecule has 20 heavy (non-hydrogen) atoms. The number of hydrogen-bond acceptors (Lipinski definition) is 3. The van der Waals surface area contributed by atoms with Gasteiger partial charge in [-0.1, -0.05) is 24.3 Å². The molecule has 2 aromatic carbocycles. The topological polar surface area (TPSA) is 43.4 Å². The van der Waals surface area contributed by atoms with Crippen LogP contribution >= 0.6 is 0 Å². The normalized spacial score (nSPS) is 10.0. The average molecular weight is 268 g/mol. The monoisotopic (exact) mass is 268 g/mol. The molecule has 0 heterocycles. The fourth-order valence-electron chi connectivity index (χ4n) is 1.87. The number of ether oxygens (including phenoxy) is 1. The van der Waals surface area contributed by atoms with E-state index in [4.69, 9.17) is 4.74 Å². The molecule has 3 nitrogen and oxygen atoms in total. The summed E-state index contributed by atoms with van der Waals surface area (Å²) in [4.78, 5) is 21.1. The highest BCUT2D eigenvalue weighted by molar-refractivity contribution is 5.75. The van der Waals surface area contributed by atoms with Gasteiger partial charge in [-0.05, 0) is 42.7 Å². The van der Waals surface area contributed by atoms with Crippen LogP contribution in [0.2, 0.25) is 0 Å². The molecule has 0 N–H and O–H groups in total. The third-order valence-electron chi connectivity index (χ3n) is 3.01. The standard InChI is InChI=1S/C17H16O3/c18-12-15-5-3-14(4-6-15)2-1-11-20-17-9-7-16(13-19)8-10-17/h3-10,12-13H,1-2,11H2. The van der Waals surface area contributed by atoms with E-state index in [0.717, 1.165) is 31.2 Å². The van der Waals surface area contributed by atoms with Crippen LogP contribution in [0.5, 0.6) is 5.75 Å². The van der Waals surface area contributed by atoms with Gasteiger partial charge in [-0.3, -0.25) is 9.59 Å². The lowest BCUT2D eigenvalue weighted by molar-refractivity contribution is 0.111. The van der Waals surface area contributed by atoms with Gasteiger partial charge in [0.15, 0.2) is 0 Å². The molecule has 0 saturated carbocycles. The Balaban J connectivity index is 1.74. The smallest absolute Gasteiger partial charge is 0.150 e.